The number of hydrogen-bond donors (Lipinski definition) is 0. The first kappa shape index (κ1) is 31.2. The van der Waals surface area contributed by atoms with Gasteiger partial charge < -0.3 is 0 Å². The molecule has 0 aliphatic heterocycles. The Balaban J connectivity index is 0. The minimum Gasteiger partial charge on any atom is 0 e. The molecular weight excluding hydrogens is 270 g/mol. The van der Waals surface area contributed by atoms with E-state index in [1.807, 2.05) is 0 Å². The van der Waals surface area contributed by atoms with Gasteiger partial charge in [0.1, 0.15) is 0 Å². The van der Waals surface area contributed by atoms with E-state index in [4.69, 9.17) is 0 Å². The molecule has 0 bridgehead atoms. The molecule has 0 N–H and O–H groups in total. The van der Waals surface area contributed by atoms with Crippen LogP contribution in [0, 0.1) is 35.6 Å². The summed E-state index contributed by atoms with van der Waals surface area (Å²) in [4.78, 5) is 0. The Morgan fingerprint density at radius 2 is 1.00 bits per heavy atom. The Labute approximate surface area is 82.3 Å². The number of hydrogen-bond acceptors (Lipinski definition) is 0. The van der Waals surface area contributed by atoms with Gasteiger partial charge in [0.05, 0.1) is 8.41 Å². The Hall–Kier alpha value is 2.53. The molecule has 0 amide bonds. The van der Waals surface area contributed by atoms with Gasteiger partial charge in [0, 0.05) is 58.0 Å². The van der Waals surface area contributed by atoms with E-state index in [0.717, 1.165) is 0 Å². The fourth-order valence-electron chi connectivity index (χ4n) is 0. The molecule has 0 saturated heterocycles. The zero-order valence-corrected chi connectivity index (χ0v) is 6.85. The van der Waals surface area contributed by atoms with Gasteiger partial charge in [0.2, 0.25) is 0 Å². The molecule has 0 fully saturated rings. The van der Waals surface area contributed by atoms with Gasteiger partial charge in [-0.2, -0.15) is 0 Å². The molecule has 0 spiro atoms. The predicted octanol–water partition coefficient (Wildman–Crippen LogP) is -2.37. The summed E-state index contributed by atoms with van der Waals surface area (Å²) >= 11 is 0. The Morgan fingerprint density at radius 1 is 1.00 bits per heavy atom. The van der Waals surface area contributed by atoms with E-state index in [2.05, 4.69) is 0 Å². The summed E-state index contributed by atoms with van der Waals surface area (Å²) in [6.45, 7) is 0. The second-order valence-corrected chi connectivity index (χ2v) is 0. The third-order valence-corrected chi connectivity index (χ3v) is 0. The van der Waals surface area contributed by atoms with Crippen molar-refractivity contribution in [3.05, 3.63) is 0 Å². The smallest absolute Gasteiger partial charge is 0 e. The molecule has 0 rings (SSSR count). The van der Waals surface area contributed by atoms with Gasteiger partial charge in [-0.1, -0.05) is 0 Å². The maximum absolute atomic E-state index is 0. The minimum absolute atomic E-state index is 0. The van der Waals surface area contributed by atoms with E-state index < -0.39 is 0 Å². The monoisotopic (exact) mass is 276 g/mol. The predicted molar refractivity (Wildman–Crippen MR) is 19.9 cm³/mol. The van der Waals surface area contributed by atoms with Gasteiger partial charge in [-0.05, 0) is 0 Å². The van der Waals surface area contributed by atoms with Crippen molar-refractivity contribution in [2.75, 3.05) is 0 Å². The third kappa shape index (κ3) is 8.82. The fourth-order valence-corrected chi connectivity index (χ4v) is 0. The quantitative estimate of drug-likeness (QED) is 0.434. The molecule has 0 unspecified atom stereocenters. The van der Waals surface area contributed by atoms with Gasteiger partial charge in [-0.15, -0.1) is 0 Å². The van der Waals surface area contributed by atoms with Crippen molar-refractivity contribution >= 4 is 25.8 Å². The molecule has 0 aliphatic rings. The SMILES string of the molecule is B.[AlH3].[La].[Nb]. The molecular formula is H6AlBLaNb. The molecule has 2 radical (unpaired) electrons. The van der Waals surface area contributed by atoms with Crippen LogP contribution in [-0.2, 0) is 22.4 Å². The van der Waals surface area contributed by atoms with Crippen LogP contribution < -0.4 is 0 Å². The molecule has 0 heterocycles. The van der Waals surface area contributed by atoms with Crippen molar-refractivity contribution < 1.29 is 58.0 Å². The summed E-state index contributed by atoms with van der Waals surface area (Å²) in [6, 6.07) is 0. The van der Waals surface area contributed by atoms with E-state index in [9.17, 15) is 0 Å². The van der Waals surface area contributed by atoms with E-state index in [1.54, 1.807) is 0 Å². The average molecular weight is 276 g/mol. The summed E-state index contributed by atoms with van der Waals surface area (Å²) in [5.74, 6) is 0. The molecule has 0 aliphatic carbocycles. The molecule has 0 aromatic rings. The van der Waals surface area contributed by atoms with Crippen molar-refractivity contribution in [1.82, 2.24) is 0 Å². The van der Waals surface area contributed by atoms with E-state index in [1.165, 1.54) is 0 Å². The van der Waals surface area contributed by atoms with Crippen LogP contribution in [0.4, 0.5) is 0 Å². The fraction of sp³-hybridized carbons (Fsp3) is 0. The van der Waals surface area contributed by atoms with Crippen LogP contribution in [0.2, 0.25) is 0 Å². The van der Waals surface area contributed by atoms with Crippen LogP contribution in [0.3, 0.4) is 0 Å². The second-order valence-electron chi connectivity index (χ2n) is 0. The van der Waals surface area contributed by atoms with Gasteiger partial charge >= 0.3 is 0 Å². The summed E-state index contributed by atoms with van der Waals surface area (Å²) in [7, 11) is 0. The normalized spacial score (nSPS) is 0. The first-order valence-corrected chi connectivity index (χ1v) is 0. The van der Waals surface area contributed by atoms with Crippen LogP contribution in [0.25, 0.3) is 0 Å². The number of rotatable bonds is 0. The first-order valence-electron chi connectivity index (χ1n) is 0. The molecule has 0 aromatic heterocycles. The van der Waals surface area contributed by atoms with Crippen LogP contribution in [0.15, 0.2) is 0 Å². The van der Waals surface area contributed by atoms with Crippen LogP contribution in [0.5, 0.6) is 0 Å². The van der Waals surface area contributed by atoms with Crippen molar-refractivity contribution in [1.29, 1.82) is 0 Å². The van der Waals surface area contributed by atoms with Crippen molar-refractivity contribution in [3.8, 4) is 0 Å². The zero-order valence-electron chi connectivity index (χ0n) is 1.02. The Morgan fingerprint density at radius 3 is 1.00 bits per heavy atom. The molecule has 20 valence electrons. The maximum Gasteiger partial charge on any atom is 0.187 e. The van der Waals surface area contributed by atoms with Gasteiger partial charge in [0.15, 0.2) is 17.4 Å². The molecule has 4 heteroatoms. The van der Waals surface area contributed by atoms with E-state index in [-0.39, 0.29) is 83.8 Å². The molecule has 0 aromatic carbocycles. The molecule has 0 saturated carbocycles. The van der Waals surface area contributed by atoms with Crippen LogP contribution in [-0.4, -0.2) is 25.8 Å². The maximum atomic E-state index is 0. The second kappa shape index (κ2) is 17.7. The summed E-state index contributed by atoms with van der Waals surface area (Å²) in [5, 5.41) is 0. The third-order valence-electron chi connectivity index (χ3n) is 0. The summed E-state index contributed by atoms with van der Waals surface area (Å²) < 4.78 is 0. The van der Waals surface area contributed by atoms with Crippen LogP contribution >= 0.6 is 0 Å². The van der Waals surface area contributed by atoms with Gasteiger partial charge in [-0.25, -0.2) is 0 Å². The standard InChI is InChI=1S/Al.BH3.La.Nb.3H/h;1H3;;;;;. The zero-order chi connectivity index (χ0) is 0. The van der Waals surface area contributed by atoms with E-state index in [0.29, 0.717) is 0 Å². The Kier molecular flexibility index (Phi) is 138. The molecule has 0 atom stereocenters. The summed E-state index contributed by atoms with van der Waals surface area (Å²) in [5.41, 5.74) is 0. The Bertz CT molecular complexity index is 8.00. The topological polar surface area (TPSA) is 0 Å². The van der Waals surface area contributed by atoms with Crippen molar-refractivity contribution in [3.63, 3.8) is 0 Å². The first-order chi connectivity index (χ1) is 0. The summed E-state index contributed by atoms with van der Waals surface area (Å²) in [6.07, 6.45) is 0. The van der Waals surface area contributed by atoms with Gasteiger partial charge in [0.25, 0.3) is 0 Å². The average Bonchev–Trinajstić information content (AvgIpc) is 0. The van der Waals surface area contributed by atoms with Gasteiger partial charge in [-0.3, -0.25) is 0 Å². The van der Waals surface area contributed by atoms with Crippen molar-refractivity contribution in [2.45, 2.75) is 0 Å². The minimum atomic E-state index is 0. The molecule has 4 heavy (non-hydrogen) atoms. The van der Waals surface area contributed by atoms with E-state index >= 15 is 0 Å². The largest absolute Gasteiger partial charge is 0.187 e. The van der Waals surface area contributed by atoms with Crippen molar-refractivity contribution in [2.24, 2.45) is 0 Å². The molecule has 0 nitrogen and oxygen atoms in total. The van der Waals surface area contributed by atoms with Crippen LogP contribution in [0.1, 0.15) is 0 Å².